The van der Waals surface area contributed by atoms with E-state index in [-0.39, 0.29) is 5.91 Å². The minimum Gasteiger partial charge on any atom is -0.356 e. The summed E-state index contributed by atoms with van der Waals surface area (Å²) in [7, 11) is 0. The van der Waals surface area contributed by atoms with E-state index >= 15 is 0 Å². The third-order valence-electron chi connectivity index (χ3n) is 2.89. The number of amides is 1. The molecule has 1 rings (SSSR count). The number of alkyl halides is 1. The van der Waals surface area contributed by atoms with Crippen LogP contribution in [0.4, 0.5) is 0 Å². The predicted octanol–water partition coefficient (Wildman–Crippen LogP) is 2.86. The van der Waals surface area contributed by atoms with Gasteiger partial charge in [-0.05, 0) is 25.2 Å². The Kier molecular flexibility index (Phi) is 6.24. The normalized spacial score (nSPS) is 16.4. The summed E-state index contributed by atoms with van der Waals surface area (Å²) in [6.45, 7) is 0.887. The molecule has 0 bridgehead atoms. The molecule has 0 unspecified atom stereocenters. The van der Waals surface area contributed by atoms with Gasteiger partial charge in [-0.15, -0.1) is 0 Å². The summed E-state index contributed by atoms with van der Waals surface area (Å²) in [6, 6.07) is 0. The van der Waals surface area contributed by atoms with Crippen molar-refractivity contribution in [2.75, 3.05) is 11.9 Å². The number of rotatable bonds is 7. The van der Waals surface area contributed by atoms with Gasteiger partial charge in [-0.2, -0.15) is 0 Å². The molecule has 0 aromatic rings. The van der Waals surface area contributed by atoms with Gasteiger partial charge in [0.05, 0.1) is 0 Å². The van der Waals surface area contributed by atoms with Gasteiger partial charge in [0.2, 0.25) is 5.91 Å². The number of unbranched alkanes of at least 4 members (excludes halogenated alkanes) is 1. The van der Waals surface area contributed by atoms with E-state index in [4.69, 9.17) is 0 Å². The quantitative estimate of drug-likeness (QED) is 0.554. The molecule has 0 radical (unpaired) electrons. The lowest BCUT2D eigenvalue weighted by Gasteiger charge is -2.25. The highest BCUT2D eigenvalue weighted by Gasteiger charge is 2.16. The first kappa shape index (κ1) is 12.0. The zero-order valence-corrected chi connectivity index (χ0v) is 10.3. The Labute approximate surface area is 95.0 Å². The van der Waals surface area contributed by atoms with E-state index in [2.05, 4.69) is 21.2 Å². The van der Waals surface area contributed by atoms with Crippen molar-refractivity contribution in [3.63, 3.8) is 0 Å². The zero-order valence-electron chi connectivity index (χ0n) is 8.73. The van der Waals surface area contributed by atoms with Gasteiger partial charge in [0.25, 0.3) is 0 Å². The lowest BCUT2D eigenvalue weighted by molar-refractivity contribution is -0.121. The van der Waals surface area contributed by atoms with Crippen molar-refractivity contribution >= 4 is 21.8 Å². The van der Waals surface area contributed by atoms with Crippen LogP contribution in [0.25, 0.3) is 0 Å². The minimum atomic E-state index is 0.227. The lowest BCUT2D eigenvalue weighted by Crippen LogP contribution is -2.27. The molecule has 1 amide bonds. The molecule has 0 aromatic carbocycles. The van der Waals surface area contributed by atoms with Gasteiger partial charge in [-0.1, -0.05) is 35.2 Å². The van der Waals surface area contributed by atoms with Crippen LogP contribution in [0.15, 0.2) is 0 Å². The van der Waals surface area contributed by atoms with Crippen molar-refractivity contribution in [2.24, 2.45) is 5.92 Å². The summed E-state index contributed by atoms with van der Waals surface area (Å²) in [4.78, 5) is 11.3. The van der Waals surface area contributed by atoms with Crippen LogP contribution >= 0.6 is 15.9 Å². The highest BCUT2D eigenvalue weighted by atomic mass is 79.9. The fraction of sp³-hybridized carbons (Fsp3) is 0.909. The van der Waals surface area contributed by atoms with Crippen molar-refractivity contribution in [3.05, 3.63) is 0 Å². The van der Waals surface area contributed by atoms with Crippen LogP contribution < -0.4 is 5.32 Å². The topological polar surface area (TPSA) is 29.1 Å². The molecule has 0 aromatic heterocycles. The van der Waals surface area contributed by atoms with Crippen LogP contribution in [0, 0.1) is 5.92 Å². The first-order valence-electron chi connectivity index (χ1n) is 5.65. The molecule has 1 N–H and O–H groups in total. The van der Waals surface area contributed by atoms with Gasteiger partial charge < -0.3 is 5.32 Å². The van der Waals surface area contributed by atoms with Crippen LogP contribution in [0.2, 0.25) is 0 Å². The molecule has 14 heavy (non-hydrogen) atoms. The van der Waals surface area contributed by atoms with Gasteiger partial charge in [0, 0.05) is 18.3 Å². The number of carbonyl (C=O) groups is 1. The Bertz CT molecular complexity index is 169. The van der Waals surface area contributed by atoms with E-state index < -0.39 is 0 Å². The molecule has 1 fully saturated rings. The monoisotopic (exact) mass is 261 g/mol. The SMILES string of the molecule is O=C(CCCCBr)NCCC1CCC1. The summed E-state index contributed by atoms with van der Waals surface area (Å²) in [5.41, 5.74) is 0. The number of nitrogens with one attached hydrogen (secondary N) is 1. The predicted molar refractivity (Wildman–Crippen MR) is 62.6 cm³/mol. The Balaban J connectivity index is 1.86. The van der Waals surface area contributed by atoms with Gasteiger partial charge >= 0.3 is 0 Å². The second-order valence-electron chi connectivity index (χ2n) is 4.08. The van der Waals surface area contributed by atoms with Crippen LogP contribution in [0.1, 0.15) is 44.9 Å². The summed E-state index contributed by atoms with van der Waals surface area (Å²) in [6.07, 6.45) is 8.11. The first-order valence-corrected chi connectivity index (χ1v) is 6.77. The first-order chi connectivity index (χ1) is 6.83. The highest BCUT2D eigenvalue weighted by Crippen LogP contribution is 2.28. The van der Waals surface area contributed by atoms with Crippen molar-refractivity contribution in [3.8, 4) is 0 Å². The smallest absolute Gasteiger partial charge is 0.219 e. The van der Waals surface area contributed by atoms with Crippen LogP contribution in [-0.4, -0.2) is 17.8 Å². The van der Waals surface area contributed by atoms with Crippen molar-refractivity contribution in [1.29, 1.82) is 0 Å². The molecular weight excluding hydrogens is 242 g/mol. The minimum absolute atomic E-state index is 0.227. The lowest BCUT2D eigenvalue weighted by atomic mass is 9.83. The van der Waals surface area contributed by atoms with E-state index in [9.17, 15) is 4.79 Å². The molecule has 82 valence electrons. The van der Waals surface area contributed by atoms with E-state index in [0.717, 1.165) is 30.6 Å². The number of carbonyl (C=O) groups excluding carboxylic acids is 1. The van der Waals surface area contributed by atoms with Gasteiger partial charge in [0.1, 0.15) is 0 Å². The van der Waals surface area contributed by atoms with Gasteiger partial charge in [0.15, 0.2) is 0 Å². The maximum absolute atomic E-state index is 11.3. The van der Waals surface area contributed by atoms with Crippen LogP contribution in [0.5, 0.6) is 0 Å². The van der Waals surface area contributed by atoms with Gasteiger partial charge in [-0.25, -0.2) is 0 Å². The molecular formula is C11H20BrNO. The maximum atomic E-state index is 11.3. The fourth-order valence-electron chi connectivity index (χ4n) is 1.67. The maximum Gasteiger partial charge on any atom is 0.219 e. The molecule has 0 atom stereocenters. The molecule has 0 heterocycles. The van der Waals surface area contributed by atoms with Crippen molar-refractivity contribution in [1.82, 2.24) is 5.32 Å². The second-order valence-corrected chi connectivity index (χ2v) is 4.87. The number of halogens is 1. The zero-order chi connectivity index (χ0) is 10.2. The standard InChI is InChI=1S/C11H20BrNO/c12-8-2-1-6-11(14)13-9-7-10-4-3-5-10/h10H,1-9H2,(H,13,14). The summed E-state index contributed by atoms with van der Waals surface area (Å²) in [5, 5.41) is 3.99. The third kappa shape index (κ3) is 4.99. The van der Waals surface area contributed by atoms with E-state index in [1.165, 1.54) is 25.7 Å². The van der Waals surface area contributed by atoms with Gasteiger partial charge in [-0.3, -0.25) is 4.79 Å². The third-order valence-corrected chi connectivity index (χ3v) is 3.45. The fourth-order valence-corrected chi connectivity index (χ4v) is 2.06. The van der Waals surface area contributed by atoms with Crippen molar-refractivity contribution in [2.45, 2.75) is 44.9 Å². The summed E-state index contributed by atoms with van der Waals surface area (Å²) in [5.74, 6) is 1.13. The molecule has 1 saturated carbocycles. The highest BCUT2D eigenvalue weighted by molar-refractivity contribution is 9.09. The average Bonchev–Trinajstić information content (AvgIpc) is 2.10. The van der Waals surface area contributed by atoms with Crippen LogP contribution in [-0.2, 0) is 4.79 Å². The van der Waals surface area contributed by atoms with Crippen molar-refractivity contribution < 1.29 is 4.79 Å². The summed E-state index contributed by atoms with van der Waals surface area (Å²) < 4.78 is 0. The Morgan fingerprint density at radius 2 is 2.14 bits per heavy atom. The second kappa shape index (κ2) is 7.27. The molecule has 3 heteroatoms. The molecule has 0 saturated heterocycles. The molecule has 1 aliphatic rings. The largest absolute Gasteiger partial charge is 0.356 e. The number of hydrogen-bond acceptors (Lipinski definition) is 1. The van der Waals surface area contributed by atoms with E-state index in [1.54, 1.807) is 0 Å². The van der Waals surface area contributed by atoms with E-state index in [0.29, 0.717) is 6.42 Å². The Hall–Kier alpha value is -0.0500. The Morgan fingerprint density at radius 1 is 1.36 bits per heavy atom. The van der Waals surface area contributed by atoms with E-state index in [1.807, 2.05) is 0 Å². The molecule has 2 nitrogen and oxygen atoms in total. The molecule has 0 spiro atoms. The number of hydrogen-bond donors (Lipinski definition) is 1. The average molecular weight is 262 g/mol. The summed E-state index contributed by atoms with van der Waals surface area (Å²) >= 11 is 3.36. The Morgan fingerprint density at radius 3 is 2.71 bits per heavy atom. The molecule has 0 aliphatic heterocycles. The molecule has 1 aliphatic carbocycles. The van der Waals surface area contributed by atoms with Crippen LogP contribution in [0.3, 0.4) is 0 Å².